The average molecular weight is 298 g/mol. The van der Waals surface area contributed by atoms with Gasteiger partial charge in [0.25, 0.3) is 0 Å². The minimum atomic E-state index is -0.616. The molecule has 1 aliphatic carbocycles. The number of aromatic nitrogens is 1. The third-order valence-corrected chi connectivity index (χ3v) is 4.29. The Morgan fingerprint density at radius 3 is 2.95 bits per heavy atom. The lowest BCUT2D eigenvalue weighted by molar-refractivity contribution is -0.144. The fourth-order valence-corrected chi connectivity index (χ4v) is 3.32. The van der Waals surface area contributed by atoms with E-state index in [1.807, 2.05) is 12.1 Å². The lowest BCUT2D eigenvalue weighted by atomic mass is 9.72. The van der Waals surface area contributed by atoms with Crippen LogP contribution in [-0.2, 0) is 14.3 Å². The number of allylic oxidation sites excluding steroid dienone is 2. The highest BCUT2D eigenvalue weighted by atomic mass is 16.5. The van der Waals surface area contributed by atoms with Crippen molar-refractivity contribution in [3.63, 3.8) is 0 Å². The second-order valence-corrected chi connectivity index (χ2v) is 5.58. The van der Waals surface area contributed by atoms with Crippen molar-refractivity contribution in [2.75, 3.05) is 7.11 Å². The number of carbonyl (C=O) groups excluding carboxylic acids is 2. The van der Waals surface area contributed by atoms with Gasteiger partial charge in [-0.1, -0.05) is 12.6 Å². The van der Waals surface area contributed by atoms with Crippen molar-refractivity contribution in [3.05, 3.63) is 53.6 Å². The highest BCUT2D eigenvalue weighted by molar-refractivity contribution is 6.00. The molecule has 1 aliphatic heterocycles. The van der Waals surface area contributed by atoms with Crippen LogP contribution in [0.3, 0.4) is 0 Å². The van der Waals surface area contributed by atoms with E-state index in [0.717, 1.165) is 24.1 Å². The number of pyridine rings is 1. The summed E-state index contributed by atoms with van der Waals surface area (Å²) < 4.78 is 4.93. The van der Waals surface area contributed by atoms with Crippen molar-refractivity contribution in [2.45, 2.75) is 25.2 Å². The Kier molecular flexibility index (Phi) is 3.79. The summed E-state index contributed by atoms with van der Waals surface area (Å²) >= 11 is 0. The predicted molar refractivity (Wildman–Crippen MR) is 80.6 cm³/mol. The number of nitrogens with one attached hydrogen (secondary N) is 1. The molecule has 0 saturated carbocycles. The first kappa shape index (κ1) is 14.5. The summed E-state index contributed by atoms with van der Waals surface area (Å²) in [4.78, 5) is 28.9. The largest absolute Gasteiger partial charge is 0.468 e. The Bertz CT molecular complexity index is 664. The van der Waals surface area contributed by atoms with Gasteiger partial charge in [-0.3, -0.25) is 14.6 Å². The van der Waals surface area contributed by atoms with Crippen molar-refractivity contribution in [2.24, 2.45) is 5.92 Å². The summed E-state index contributed by atoms with van der Waals surface area (Å²) in [5.41, 5.74) is 2.98. The van der Waals surface area contributed by atoms with E-state index in [2.05, 4.69) is 16.9 Å². The van der Waals surface area contributed by atoms with E-state index in [-0.39, 0.29) is 11.7 Å². The Morgan fingerprint density at radius 2 is 2.27 bits per heavy atom. The van der Waals surface area contributed by atoms with Crippen LogP contribution >= 0.6 is 0 Å². The molecule has 5 heteroatoms. The van der Waals surface area contributed by atoms with E-state index < -0.39 is 11.9 Å². The maximum Gasteiger partial charge on any atom is 0.315 e. The minimum absolute atomic E-state index is 0.0870. The minimum Gasteiger partial charge on any atom is -0.468 e. The van der Waals surface area contributed by atoms with Crippen molar-refractivity contribution in [3.8, 4) is 0 Å². The van der Waals surface area contributed by atoms with Gasteiger partial charge in [0, 0.05) is 41.7 Å². The Hall–Kier alpha value is -2.43. The van der Waals surface area contributed by atoms with Crippen LogP contribution in [0, 0.1) is 5.92 Å². The number of rotatable bonds is 2. The molecule has 5 nitrogen and oxygen atoms in total. The highest BCUT2D eigenvalue weighted by Gasteiger charge is 2.43. The fourth-order valence-electron chi connectivity index (χ4n) is 3.32. The number of Topliss-reactive ketones (excluding diaryl/α,β-unsaturated/α-hetero) is 1. The third kappa shape index (κ3) is 2.32. The molecule has 3 rings (SSSR count). The summed E-state index contributed by atoms with van der Waals surface area (Å²) in [6, 6.07) is 3.70. The Morgan fingerprint density at radius 1 is 1.45 bits per heavy atom. The molecule has 2 heterocycles. The molecule has 0 fully saturated rings. The van der Waals surface area contributed by atoms with Crippen molar-refractivity contribution < 1.29 is 14.3 Å². The van der Waals surface area contributed by atoms with Crippen molar-refractivity contribution >= 4 is 11.8 Å². The van der Waals surface area contributed by atoms with Crippen LogP contribution in [0.4, 0.5) is 0 Å². The van der Waals surface area contributed by atoms with Crippen LogP contribution in [0.1, 0.15) is 30.7 Å². The predicted octanol–water partition coefficient (Wildman–Crippen LogP) is 2.08. The molecule has 1 aromatic rings. The fraction of sp³-hybridized carbons (Fsp3) is 0.353. The average Bonchev–Trinajstić information content (AvgIpc) is 2.54. The first-order chi connectivity index (χ1) is 10.6. The third-order valence-electron chi connectivity index (χ3n) is 4.29. The summed E-state index contributed by atoms with van der Waals surface area (Å²) in [6.07, 6.45) is 5.50. The molecule has 0 bridgehead atoms. The molecule has 114 valence electrons. The summed E-state index contributed by atoms with van der Waals surface area (Å²) in [5.74, 6) is -1.30. The number of carbonyl (C=O) groups is 2. The monoisotopic (exact) mass is 298 g/mol. The molecule has 22 heavy (non-hydrogen) atoms. The normalized spacial score (nSPS) is 24.6. The quantitative estimate of drug-likeness (QED) is 0.847. The van der Waals surface area contributed by atoms with Gasteiger partial charge in [-0.05, 0) is 24.5 Å². The molecule has 2 atom stereocenters. The maximum absolute atomic E-state index is 12.5. The highest BCUT2D eigenvalue weighted by Crippen LogP contribution is 2.43. The first-order valence-electron chi connectivity index (χ1n) is 7.33. The number of nitrogens with zero attached hydrogens (tertiary/aromatic N) is 1. The van der Waals surface area contributed by atoms with Crippen LogP contribution in [0.2, 0.25) is 0 Å². The number of hydrogen-bond acceptors (Lipinski definition) is 5. The van der Waals surface area contributed by atoms with Gasteiger partial charge < -0.3 is 10.1 Å². The van der Waals surface area contributed by atoms with Crippen LogP contribution in [0.25, 0.3) is 0 Å². The van der Waals surface area contributed by atoms with E-state index in [1.54, 1.807) is 12.4 Å². The molecule has 0 radical (unpaired) electrons. The number of hydrogen-bond donors (Lipinski definition) is 1. The molecule has 2 aliphatic rings. The van der Waals surface area contributed by atoms with Gasteiger partial charge >= 0.3 is 5.97 Å². The smallest absolute Gasteiger partial charge is 0.315 e. The van der Waals surface area contributed by atoms with Crippen LogP contribution in [0.15, 0.2) is 48.1 Å². The van der Waals surface area contributed by atoms with E-state index in [9.17, 15) is 9.59 Å². The molecule has 0 amide bonds. The van der Waals surface area contributed by atoms with Gasteiger partial charge in [-0.15, -0.1) is 0 Å². The van der Waals surface area contributed by atoms with Gasteiger partial charge in [0.2, 0.25) is 0 Å². The number of ether oxygens (including phenoxy) is 1. The number of methoxy groups -OCH3 is 1. The van der Waals surface area contributed by atoms with Crippen LogP contribution in [-0.4, -0.2) is 23.8 Å². The Balaban J connectivity index is 2.16. The molecule has 2 unspecified atom stereocenters. The molecular weight excluding hydrogens is 280 g/mol. The molecule has 0 spiro atoms. The zero-order chi connectivity index (χ0) is 15.7. The lowest BCUT2D eigenvalue weighted by Gasteiger charge is -2.37. The number of esters is 1. The van der Waals surface area contributed by atoms with E-state index >= 15 is 0 Å². The van der Waals surface area contributed by atoms with Gasteiger partial charge in [0.1, 0.15) is 5.92 Å². The standard InChI is InChI=1S/C17H18N2O3/c1-10-14(17(21)22-2)15(11-5-4-8-18-9-11)16-12(19-10)6-3-7-13(16)20/h4-5,8-9,14-15,19H,1,3,6-7H2,2H3. The van der Waals surface area contributed by atoms with E-state index in [0.29, 0.717) is 17.7 Å². The van der Waals surface area contributed by atoms with Crippen LogP contribution < -0.4 is 5.32 Å². The molecule has 1 N–H and O–H groups in total. The summed E-state index contributed by atoms with van der Waals surface area (Å²) in [5, 5.41) is 3.16. The SMILES string of the molecule is C=C1NC2=C(C(=O)CCC2)C(c2cccnc2)C1C(=O)OC. The zero-order valence-corrected chi connectivity index (χ0v) is 12.5. The molecular formula is C17H18N2O3. The zero-order valence-electron chi connectivity index (χ0n) is 12.5. The second-order valence-electron chi connectivity index (χ2n) is 5.58. The summed E-state index contributed by atoms with van der Waals surface area (Å²) in [6.45, 7) is 3.98. The van der Waals surface area contributed by atoms with Crippen LogP contribution in [0.5, 0.6) is 0 Å². The summed E-state index contributed by atoms with van der Waals surface area (Å²) in [7, 11) is 1.35. The van der Waals surface area contributed by atoms with E-state index in [4.69, 9.17) is 4.74 Å². The molecule has 0 saturated heterocycles. The second kappa shape index (κ2) is 5.75. The molecule has 1 aromatic heterocycles. The van der Waals surface area contributed by atoms with Crippen molar-refractivity contribution in [1.82, 2.24) is 10.3 Å². The van der Waals surface area contributed by atoms with Gasteiger partial charge in [-0.25, -0.2) is 0 Å². The first-order valence-corrected chi connectivity index (χ1v) is 7.33. The lowest BCUT2D eigenvalue weighted by Crippen LogP contribution is -2.40. The topological polar surface area (TPSA) is 68.3 Å². The van der Waals surface area contributed by atoms with Gasteiger partial charge in [-0.2, -0.15) is 0 Å². The molecule has 0 aromatic carbocycles. The maximum atomic E-state index is 12.5. The van der Waals surface area contributed by atoms with Crippen molar-refractivity contribution in [1.29, 1.82) is 0 Å². The van der Waals surface area contributed by atoms with Gasteiger partial charge in [0.05, 0.1) is 7.11 Å². The Labute approximate surface area is 129 Å². The van der Waals surface area contributed by atoms with E-state index in [1.165, 1.54) is 7.11 Å². The van der Waals surface area contributed by atoms with Gasteiger partial charge in [0.15, 0.2) is 5.78 Å². The number of ketones is 1.